The van der Waals surface area contributed by atoms with Crippen LogP contribution in [0, 0.1) is 11.2 Å². The quantitative estimate of drug-likeness (QED) is 0.778. The summed E-state index contributed by atoms with van der Waals surface area (Å²) in [6.07, 6.45) is 12.6. The molecule has 5 rings (SSSR count). The second kappa shape index (κ2) is 7.52. The minimum absolute atomic E-state index is 0.0905. The molecule has 0 saturated heterocycles. The molecule has 1 heterocycles. The van der Waals surface area contributed by atoms with Crippen LogP contribution in [0.4, 0.5) is 9.18 Å². The first-order valence-corrected chi connectivity index (χ1v) is 11.4. The van der Waals surface area contributed by atoms with Crippen molar-refractivity contribution in [3.05, 3.63) is 58.9 Å². The highest BCUT2D eigenvalue weighted by atomic mass is 19.1. The molecule has 0 bridgehead atoms. The van der Waals surface area contributed by atoms with Gasteiger partial charge in [0, 0.05) is 25.7 Å². The fourth-order valence-corrected chi connectivity index (χ4v) is 5.72. The van der Waals surface area contributed by atoms with E-state index in [1.165, 1.54) is 42.5 Å². The molecule has 2 fully saturated rings. The van der Waals surface area contributed by atoms with E-state index in [-0.39, 0.29) is 17.9 Å². The monoisotopic (exact) mass is 409 g/mol. The Morgan fingerprint density at radius 3 is 2.60 bits per heavy atom. The number of allylic oxidation sites excluding steroid dienone is 1. The van der Waals surface area contributed by atoms with Crippen LogP contribution < -0.4 is 5.32 Å². The van der Waals surface area contributed by atoms with Crippen molar-refractivity contribution in [3.8, 4) is 0 Å². The number of nitrogens with one attached hydrogen (secondary N) is 1. The van der Waals surface area contributed by atoms with Crippen molar-refractivity contribution < 1.29 is 9.18 Å². The number of carbonyl (C=O) groups excluding carboxylic acids is 1. The summed E-state index contributed by atoms with van der Waals surface area (Å²) < 4.78 is 13.6. The third-order valence-corrected chi connectivity index (χ3v) is 8.00. The molecule has 4 nitrogen and oxygen atoms in total. The Hall–Kier alpha value is -2.14. The van der Waals surface area contributed by atoms with E-state index in [0.717, 1.165) is 37.8 Å². The Kier molecular flexibility index (Phi) is 4.97. The average molecular weight is 410 g/mol. The average Bonchev–Trinajstić information content (AvgIpc) is 2.70. The van der Waals surface area contributed by atoms with E-state index in [1.54, 1.807) is 0 Å². The van der Waals surface area contributed by atoms with E-state index in [2.05, 4.69) is 17.5 Å². The van der Waals surface area contributed by atoms with Crippen molar-refractivity contribution in [3.63, 3.8) is 0 Å². The first-order valence-electron chi connectivity index (χ1n) is 11.4. The Bertz CT molecular complexity index is 880. The summed E-state index contributed by atoms with van der Waals surface area (Å²) in [5.74, 6) is -0.237. The Morgan fingerprint density at radius 1 is 1.23 bits per heavy atom. The van der Waals surface area contributed by atoms with E-state index < -0.39 is 0 Å². The molecule has 0 aromatic heterocycles. The second-order valence-corrected chi connectivity index (χ2v) is 9.69. The highest BCUT2D eigenvalue weighted by Gasteiger charge is 2.43. The van der Waals surface area contributed by atoms with Crippen LogP contribution in [0.3, 0.4) is 0 Å². The molecular formula is C25H32FN3O. The van der Waals surface area contributed by atoms with Gasteiger partial charge in [-0.15, -0.1) is 0 Å². The Balaban J connectivity index is 1.44. The Morgan fingerprint density at radius 2 is 1.97 bits per heavy atom. The first-order chi connectivity index (χ1) is 14.5. The van der Waals surface area contributed by atoms with Crippen molar-refractivity contribution >= 4 is 6.03 Å². The molecule has 2 amide bonds. The van der Waals surface area contributed by atoms with E-state index in [0.29, 0.717) is 17.5 Å². The lowest BCUT2D eigenvalue weighted by Crippen LogP contribution is -2.56. The van der Waals surface area contributed by atoms with Gasteiger partial charge in [-0.2, -0.15) is 0 Å². The number of benzene rings is 1. The molecular weight excluding hydrogens is 377 g/mol. The van der Waals surface area contributed by atoms with Crippen LogP contribution in [-0.2, 0) is 0 Å². The number of halogens is 1. The van der Waals surface area contributed by atoms with Crippen molar-refractivity contribution in [2.45, 2.75) is 63.1 Å². The van der Waals surface area contributed by atoms with Crippen LogP contribution in [0.25, 0.3) is 0 Å². The van der Waals surface area contributed by atoms with Gasteiger partial charge < -0.3 is 15.1 Å². The van der Waals surface area contributed by atoms with E-state index in [9.17, 15) is 9.18 Å². The number of amides is 2. The first kappa shape index (κ1) is 19.8. The van der Waals surface area contributed by atoms with Gasteiger partial charge in [0.1, 0.15) is 5.82 Å². The van der Waals surface area contributed by atoms with Crippen molar-refractivity contribution in [2.75, 3.05) is 20.6 Å². The number of nitrogens with zero attached hydrogens (tertiary/aromatic N) is 2. The largest absolute Gasteiger partial charge is 0.325 e. The van der Waals surface area contributed by atoms with E-state index in [4.69, 9.17) is 0 Å². The molecule has 1 aromatic carbocycles. The lowest BCUT2D eigenvalue weighted by Gasteiger charge is -2.49. The van der Waals surface area contributed by atoms with Gasteiger partial charge in [0.25, 0.3) is 0 Å². The van der Waals surface area contributed by atoms with Gasteiger partial charge in [-0.25, -0.2) is 9.18 Å². The van der Waals surface area contributed by atoms with Gasteiger partial charge in [-0.05, 0) is 74.3 Å². The van der Waals surface area contributed by atoms with Crippen LogP contribution in [0.15, 0.2) is 47.6 Å². The molecule has 160 valence electrons. The summed E-state index contributed by atoms with van der Waals surface area (Å²) in [5, 5.41) is 3.30. The van der Waals surface area contributed by atoms with Gasteiger partial charge in [0.2, 0.25) is 0 Å². The fraction of sp³-hybridized carbons (Fsp3) is 0.560. The van der Waals surface area contributed by atoms with Gasteiger partial charge in [-0.1, -0.05) is 36.3 Å². The van der Waals surface area contributed by atoms with Crippen molar-refractivity contribution in [1.29, 1.82) is 0 Å². The van der Waals surface area contributed by atoms with Gasteiger partial charge in [0.05, 0.1) is 6.04 Å². The fourth-order valence-electron chi connectivity index (χ4n) is 5.72. The molecule has 30 heavy (non-hydrogen) atoms. The zero-order chi connectivity index (χ0) is 20.9. The van der Waals surface area contributed by atoms with Crippen molar-refractivity contribution in [2.24, 2.45) is 5.41 Å². The molecule has 2 saturated carbocycles. The molecule has 4 aliphatic rings. The highest BCUT2D eigenvalue weighted by Crippen LogP contribution is 2.53. The standard InChI is InChI=1S/C25H32FN3O/c1-27-20-14-21(15-20)28(2)24(30)29-13-9-18-16-25(10-3-11-25)12-8-22(18)23(29)17-4-6-19(26)7-5-17/h4-8,12,20-21,23,27H,3,9-11,13-16H2,1-2H3/t20?,21?,23-/m0/s1. The molecule has 5 heteroatoms. The molecule has 0 unspecified atom stereocenters. The van der Waals surface area contributed by atoms with Crippen molar-refractivity contribution in [1.82, 2.24) is 15.1 Å². The minimum Gasteiger partial charge on any atom is -0.325 e. The van der Waals surface area contributed by atoms with Crippen LogP contribution in [0.2, 0.25) is 0 Å². The van der Waals surface area contributed by atoms with Gasteiger partial charge in [0.15, 0.2) is 0 Å². The molecule has 1 N–H and O–H groups in total. The second-order valence-electron chi connectivity index (χ2n) is 9.69. The number of hydrogen-bond acceptors (Lipinski definition) is 2. The maximum atomic E-state index is 13.6. The smallest absolute Gasteiger partial charge is 0.320 e. The molecule has 1 aromatic rings. The zero-order valence-electron chi connectivity index (χ0n) is 18.0. The lowest BCUT2D eigenvalue weighted by atomic mass is 9.61. The summed E-state index contributed by atoms with van der Waals surface area (Å²) in [7, 11) is 3.92. The molecule has 1 spiro atoms. The molecule has 0 radical (unpaired) electrons. The summed E-state index contributed by atoms with van der Waals surface area (Å²) in [5.41, 5.74) is 4.12. The number of carbonyl (C=O) groups is 1. The summed E-state index contributed by atoms with van der Waals surface area (Å²) in [6.45, 7) is 0.732. The number of urea groups is 1. The summed E-state index contributed by atoms with van der Waals surface area (Å²) in [6, 6.07) is 7.48. The lowest BCUT2D eigenvalue weighted by molar-refractivity contribution is 0.0956. The predicted molar refractivity (Wildman–Crippen MR) is 117 cm³/mol. The molecule has 3 aliphatic carbocycles. The minimum atomic E-state index is -0.237. The summed E-state index contributed by atoms with van der Waals surface area (Å²) >= 11 is 0. The highest BCUT2D eigenvalue weighted by molar-refractivity contribution is 5.76. The predicted octanol–water partition coefficient (Wildman–Crippen LogP) is 4.80. The number of hydrogen-bond donors (Lipinski definition) is 1. The van der Waals surface area contributed by atoms with Crippen LogP contribution in [-0.4, -0.2) is 48.6 Å². The van der Waals surface area contributed by atoms with Crippen LogP contribution >= 0.6 is 0 Å². The third-order valence-electron chi connectivity index (χ3n) is 8.00. The third kappa shape index (κ3) is 3.27. The van der Waals surface area contributed by atoms with E-state index >= 15 is 0 Å². The maximum absolute atomic E-state index is 13.6. The van der Waals surface area contributed by atoms with E-state index in [1.807, 2.05) is 36.0 Å². The molecule has 1 atom stereocenters. The topological polar surface area (TPSA) is 35.6 Å². The molecule has 1 aliphatic heterocycles. The number of rotatable bonds is 3. The summed E-state index contributed by atoms with van der Waals surface area (Å²) in [4.78, 5) is 17.5. The normalized spacial score (nSPS) is 29.3. The zero-order valence-corrected chi connectivity index (χ0v) is 18.0. The SMILES string of the molecule is CNC1CC(N(C)C(=O)N2CCC3=C(C=CC4(CCC4)C3)[C@@H]2c2ccc(F)cc2)C1. The van der Waals surface area contributed by atoms with Crippen LogP contribution in [0.1, 0.15) is 56.6 Å². The Labute approximate surface area is 178 Å². The van der Waals surface area contributed by atoms with Crippen LogP contribution in [0.5, 0.6) is 0 Å². The maximum Gasteiger partial charge on any atom is 0.320 e. The van der Waals surface area contributed by atoms with Gasteiger partial charge in [-0.3, -0.25) is 0 Å². The van der Waals surface area contributed by atoms with Gasteiger partial charge >= 0.3 is 6.03 Å².